The minimum atomic E-state index is 0.0472. The van der Waals surface area contributed by atoms with Gasteiger partial charge >= 0.3 is 0 Å². The third kappa shape index (κ3) is 2.93. The minimum Gasteiger partial charge on any atom is -0.235 e. The Morgan fingerprint density at radius 3 is 2.56 bits per heavy atom. The van der Waals surface area contributed by atoms with Crippen LogP contribution >= 0.6 is 23.1 Å². The number of fused-ring (bicyclic) bond motifs is 6. The molecule has 0 spiro atoms. The summed E-state index contributed by atoms with van der Waals surface area (Å²) < 4.78 is 2.52. The second-order valence-electron chi connectivity index (χ2n) is 9.96. The first-order valence-electron chi connectivity index (χ1n) is 11.2. The summed E-state index contributed by atoms with van der Waals surface area (Å²) in [6.45, 7) is 11.6. The van der Waals surface area contributed by atoms with Gasteiger partial charge in [-0.2, -0.15) is 0 Å². The topological polar surface area (TPSA) is 25.8 Å². The van der Waals surface area contributed by atoms with Crippen molar-refractivity contribution < 1.29 is 0 Å². The number of benzene rings is 3. The van der Waals surface area contributed by atoms with Crippen molar-refractivity contribution in [1.82, 2.24) is 9.97 Å². The van der Waals surface area contributed by atoms with E-state index in [1.165, 1.54) is 47.1 Å². The molecule has 2 unspecified atom stereocenters. The van der Waals surface area contributed by atoms with Crippen LogP contribution in [-0.4, -0.2) is 15.2 Å². The Morgan fingerprint density at radius 2 is 1.75 bits per heavy atom. The normalized spacial score (nSPS) is 18.7. The lowest BCUT2D eigenvalue weighted by Gasteiger charge is -2.22. The molecule has 1 aliphatic heterocycles. The molecule has 160 valence electrons. The molecule has 1 aliphatic rings. The van der Waals surface area contributed by atoms with Crippen LogP contribution in [0.15, 0.2) is 59.8 Å². The molecule has 0 N–H and O–H groups in total. The van der Waals surface area contributed by atoms with Gasteiger partial charge in [-0.25, -0.2) is 9.97 Å². The fourth-order valence-electron chi connectivity index (χ4n) is 5.03. The molecule has 0 saturated carbocycles. The molecule has 6 rings (SSSR count). The maximum absolute atomic E-state index is 4.82. The smallest absolute Gasteiger partial charge is 0.116 e. The van der Waals surface area contributed by atoms with E-state index < -0.39 is 0 Å². The van der Waals surface area contributed by atoms with Gasteiger partial charge in [0.1, 0.15) is 6.33 Å². The fraction of sp³-hybridized carbons (Fsp3) is 0.286. The first-order valence-corrected chi connectivity index (χ1v) is 12.9. The molecule has 2 aromatic heterocycles. The maximum atomic E-state index is 4.82. The van der Waals surface area contributed by atoms with Crippen LogP contribution in [0.5, 0.6) is 0 Å². The number of nitrogens with zero attached hydrogens (tertiary/aromatic N) is 2. The number of hydrogen-bond donors (Lipinski definition) is 0. The third-order valence-corrected chi connectivity index (χ3v) is 9.38. The SMILES string of the molecule is CC1Sc2ccc3sc4c(-c5cc(C(C)(C)C)c6ccccc6c5)ncnc4c3c2C1C. The number of thiophene rings is 1. The molecular weight excluding hydrogens is 428 g/mol. The van der Waals surface area contributed by atoms with Gasteiger partial charge in [0.25, 0.3) is 0 Å². The van der Waals surface area contributed by atoms with Gasteiger partial charge in [-0.05, 0) is 57.5 Å². The van der Waals surface area contributed by atoms with Gasteiger partial charge in [-0.3, -0.25) is 0 Å². The fourth-order valence-corrected chi connectivity index (χ4v) is 7.52. The molecule has 0 fully saturated rings. The predicted octanol–water partition coefficient (Wildman–Crippen LogP) is 8.56. The molecule has 0 amide bonds. The van der Waals surface area contributed by atoms with E-state index >= 15 is 0 Å². The van der Waals surface area contributed by atoms with Gasteiger partial charge in [0.2, 0.25) is 0 Å². The highest BCUT2D eigenvalue weighted by atomic mass is 32.2. The van der Waals surface area contributed by atoms with E-state index in [9.17, 15) is 0 Å². The quantitative estimate of drug-likeness (QED) is 0.254. The molecule has 4 heteroatoms. The first-order chi connectivity index (χ1) is 15.3. The van der Waals surface area contributed by atoms with E-state index in [2.05, 4.69) is 83.1 Å². The highest BCUT2D eigenvalue weighted by Gasteiger charge is 2.30. The highest BCUT2D eigenvalue weighted by Crippen LogP contribution is 2.51. The minimum absolute atomic E-state index is 0.0472. The van der Waals surface area contributed by atoms with Crippen molar-refractivity contribution >= 4 is 54.2 Å². The molecule has 3 heterocycles. The van der Waals surface area contributed by atoms with Crippen LogP contribution in [0, 0.1) is 0 Å². The largest absolute Gasteiger partial charge is 0.235 e. The summed E-state index contributed by atoms with van der Waals surface area (Å²) in [4.78, 5) is 11.1. The summed E-state index contributed by atoms with van der Waals surface area (Å²) in [6, 6.07) is 17.9. The molecule has 32 heavy (non-hydrogen) atoms. The molecule has 5 aromatic rings. The van der Waals surface area contributed by atoms with E-state index in [1.54, 1.807) is 6.33 Å². The van der Waals surface area contributed by atoms with Gasteiger partial charge in [0.15, 0.2) is 0 Å². The van der Waals surface area contributed by atoms with Crippen LogP contribution in [0.4, 0.5) is 0 Å². The Bertz CT molecular complexity index is 1520. The number of thioether (sulfide) groups is 1. The second-order valence-corrected chi connectivity index (χ2v) is 12.4. The zero-order chi connectivity index (χ0) is 22.2. The van der Waals surface area contributed by atoms with Gasteiger partial charge in [-0.15, -0.1) is 23.1 Å². The standard InChI is InChI=1S/C28H26N2S2/c1-15-16(2)31-21-10-11-22-24(23(15)21)26-27(32-22)25(29-14-30-26)18-12-17-8-6-7-9-19(17)20(13-18)28(3,4)5/h6-16H,1-5H3. The Labute approximate surface area is 197 Å². The van der Waals surface area contributed by atoms with E-state index in [-0.39, 0.29) is 5.41 Å². The van der Waals surface area contributed by atoms with Gasteiger partial charge < -0.3 is 0 Å². The molecule has 3 aromatic carbocycles. The van der Waals surface area contributed by atoms with E-state index in [0.29, 0.717) is 11.2 Å². The zero-order valence-electron chi connectivity index (χ0n) is 19.1. The predicted molar refractivity (Wildman–Crippen MR) is 140 cm³/mol. The summed E-state index contributed by atoms with van der Waals surface area (Å²) in [5, 5.41) is 4.53. The Kier molecular flexibility index (Phi) is 4.44. The Balaban J connectivity index is 1.67. The third-order valence-electron chi connectivity index (χ3n) is 6.84. The molecule has 2 nitrogen and oxygen atoms in total. The highest BCUT2D eigenvalue weighted by molar-refractivity contribution is 8.00. The van der Waals surface area contributed by atoms with Crippen molar-refractivity contribution in [1.29, 1.82) is 0 Å². The van der Waals surface area contributed by atoms with Gasteiger partial charge in [0, 0.05) is 25.8 Å². The van der Waals surface area contributed by atoms with Crippen molar-refractivity contribution in [3.05, 3.63) is 66.0 Å². The Hall–Kier alpha value is -2.43. The number of rotatable bonds is 1. The lowest BCUT2D eigenvalue weighted by atomic mass is 9.82. The average molecular weight is 455 g/mol. The summed E-state index contributed by atoms with van der Waals surface area (Å²) >= 11 is 3.83. The summed E-state index contributed by atoms with van der Waals surface area (Å²) in [7, 11) is 0. The average Bonchev–Trinajstić information content (AvgIpc) is 3.29. The van der Waals surface area contributed by atoms with Gasteiger partial charge in [0.05, 0.1) is 15.9 Å². The van der Waals surface area contributed by atoms with Crippen molar-refractivity contribution in [2.24, 2.45) is 0 Å². The zero-order valence-corrected chi connectivity index (χ0v) is 20.7. The van der Waals surface area contributed by atoms with Crippen LogP contribution in [0.25, 0.3) is 42.3 Å². The van der Waals surface area contributed by atoms with Crippen LogP contribution < -0.4 is 0 Å². The summed E-state index contributed by atoms with van der Waals surface area (Å²) in [5.41, 5.74) is 6.22. The van der Waals surface area contributed by atoms with E-state index in [0.717, 1.165) is 11.2 Å². The number of aromatic nitrogens is 2. The molecule has 2 atom stereocenters. The second kappa shape index (κ2) is 7.03. The summed E-state index contributed by atoms with van der Waals surface area (Å²) in [5.74, 6) is 0.531. The molecule has 0 saturated heterocycles. The maximum Gasteiger partial charge on any atom is 0.116 e. The van der Waals surface area contributed by atoms with Crippen molar-refractivity contribution in [2.45, 2.75) is 56.1 Å². The molecular formula is C28H26N2S2. The van der Waals surface area contributed by atoms with Gasteiger partial charge in [-0.1, -0.05) is 58.9 Å². The molecule has 0 bridgehead atoms. The first kappa shape index (κ1) is 20.2. The van der Waals surface area contributed by atoms with Crippen molar-refractivity contribution in [3.8, 4) is 11.3 Å². The van der Waals surface area contributed by atoms with E-state index in [4.69, 9.17) is 9.97 Å². The van der Waals surface area contributed by atoms with Crippen LogP contribution in [0.3, 0.4) is 0 Å². The molecule has 0 radical (unpaired) electrons. The summed E-state index contributed by atoms with van der Waals surface area (Å²) in [6.07, 6.45) is 1.76. The van der Waals surface area contributed by atoms with Crippen molar-refractivity contribution in [3.63, 3.8) is 0 Å². The Morgan fingerprint density at radius 1 is 0.938 bits per heavy atom. The number of hydrogen-bond acceptors (Lipinski definition) is 4. The monoisotopic (exact) mass is 454 g/mol. The van der Waals surface area contributed by atoms with E-state index in [1.807, 2.05) is 23.1 Å². The lowest BCUT2D eigenvalue weighted by molar-refractivity contribution is 0.596. The van der Waals surface area contributed by atoms with Crippen molar-refractivity contribution in [2.75, 3.05) is 0 Å². The van der Waals surface area contributed by atoms with Crippen LogP contribution in [-0.2, 0) is 5.41 Å². The molecule has 0 aliphatic carbocycles. The van der Waals surface area contributed by atoms with Crippen LogP contribution in [0.2, 0.25) is 0 Å². The lowest BCUT2D eigenvalue weighted by Crippen LogP contribution is -2.12. The van der Waals surface area contributed by atoms with Crippen LogP contribution in [0.1, 0.15) is 51.7 Å².